The molecule has 0 saturated heterocycles. The average molecular weight is 277 g/mol. The maximum absolute atomic E-state index is 12.7. The molecular weight excluding hydrogens is 259 g/mol. The van der Waals surface area contributed by atoms with Gasteiger partial charge in [-0.1, -0.05) is 24.1 Å². The van der Waals surface area contributed by atoms with Crippen LogP contribution in [-0.2, 0) is 12.7 Å². The molecule has 1 aromatic carbocycles. The number of nitrogens with one attached hydrogen (secondary N) is 1. The number of benzene rings is 1. The van der Waals surface area contributed by atoms with E-state index in [1.54, 1.807) is 6.07 Å². The van der Waals surface area contributed by atoms with Gasteiger partial charge in [0.05, 0.1) is 5.56 Å². The van der Waals surface area contributed by atoms with Crippen LogP contribution < -0.4 is 4.72 Å². The summed E-state index contributed by atoms with van der Waals surface area (Å²) in [7, 11) is 0. The molecule has 0 aliphatic rings. The van der Waals surface area contributed by atoms with E-state index < -0.39 is 11.7 Å². The van der Waals surface area contributed by atoms with Crippen molar-refractivity contribution in [3.8, 4) is 0 Å². The van der Waals surface area contributed by atoms with Gasteiger partial charge in [0.15, 0.2) is 0 Å². The van der Waals surface area contributed by atoms with Crippen molar-refractivity contribution in [1.29, 1.82) is 0 Å². The number of halogens is 3. The van der Waals surface area contributed by atoms with Gasteiger partial charge in [-0.3, -0.25) is 4.72 Å². The second-order valence-electron chi connectivity index (χ2n) is 5.12. The molecule has 0 aliphatic carbocycles. The molecule has 1 nitrogen and oxygen atoms in total. The quantitative estimate of drug-likeness (QED) is 0.813. The summed E-state index contributed by atoms with van der Waals surface area (Å²) in [6.07, 6.45) is -4.28. The molecule has 0 amide bonds. The molecule has 0 saturated carbocycles. The molecule has 18 heavy (non-hydrogen) atoms. The standard InChI is InChI=1S/C13H18F3NS/c1-9-10(8-17-18-12(2,3)4)6-5-7-11(9)13(14,15)16/h5-7,17H,8H2,1-4H3. The van der Waals surface area contributed by atoms with Crippen molar-refractivity contribution in [3.05, 3.63) is 34.9 Å². The van der Waals surface area contributed by atoms with E-state index in [1.807, 2.05) is 20.8 Å². The molecule has 0 radical (unpaired) electrons. The lowest BCUT2D eigenvalue weighted by molar-refractivity contribution is -0.138. The van der Waals surface area contributed by atoms with Crippen LogP contribution in [0.1, 0.15) is 37.5 Å². The van der Waals surface area contributed by atoms with Crippen molar-refractivity contribution in [2.24, 2.45) is 0 Å². The highest BCUT2D eigenvalue weighted by atomic mass is 32.2. The van der Waals surface area contributed by atoms with Crippen molar-refractivity contribution in [3.63, 3.8) is 0 Å². The van der Waals surface area contributed by atoms with Gasteiger partial charge in [-0.15, -0.1) is 0 Å². The summed E-state index contributed by atoms with van der Waals surface area (Å²) in [4.78, 5) is 0. The van der Waals surface area contributed by atoms with Crippen molar-refractivity contribution in [2.75, 3.05) is 0 Å². The second-order valence-corrected chi connectivity index (χ2v) is 6.84. The fourth-order valence-electron chi connectivity index (χ4n) is 1.51. The summed E-state index contributed by atoms with van der Waals surface area (Å²) in [6, 6.07) is 4.30. The Hall–Kier alpha value is -0.680. The molecule has 0 aromatic heterocycles. The molecule has 0 heterocycles. The lowest BCUT2D eigenvalue weighted by Crippen LogP contribution is -2.18. The largest absolute Gasteiger partial charge is 0.416 e. The van der Waals surface area contributed by atoms with Crippen LogP contribution in [0.2, 0.25) is 0 Å². The van der Waals surface area contributed by atoms with Gasteiger partial charge in [0.2, 0.25) is 0 Å². The Kier molecular flexibility index (Phi) is 4.72. The molecular formula is C13H18F3NS. The lowest BCUT2D eigenvalue weighted by atomic mass is 10.0. The van der Waals surface area contributed by atoms with Gasteiger partial charge < -0.3 is 0 Å². The third-order valence-corrected chi connectivity index (χ3v) is 3.29. The first-order valence-corrected chi connectivity index (χ1v) is 6.49. The van der Waals surface area contributed by atoms with Gasteiger partial charge in [-0.05, 0) is 44.9 Å². The van der Waals surface area contributed by atoms with Crippen LogP contribution in [0.15, 0.2) is 18.2 Å². The summed E-state index contributed by atoms with van der Waals surface area (Å²) in [5.41, 5.74) is 0.427. The predicted octanol–water partition coefficient (Wildman–Crippen LogP) is 4.55. The van der Waals surface area contributed by atoms with Gasteiger partial charge in [-0.2, -0.15) is 13.2 Å². The van der Waals surface area contributed by atoms with Crippen molar-refractivity contribution in [1.82, 2.24) is 4.72 Å². The van der Waals surface area contributed by atoms with Crippen LogP contribution in [0.4, 0.5) is 13.2 Å². The molecule has 0 atom stereocenters. The lowest BCUT2D eigenvalue weighted by Gasteiger charge is -2.19. The zero-order valence-electron chi connectivity index (χ0n) is 11.0. The van der Waals surface area contributed by atoms with E-state index in [9.17, 15) is 13.2 Å². The minimum atomic E-state index is -4.28. The van der Waals surface area contributed by atoms with Gasteiger partial charge in [0.1, 0.15) is 0 Å². The number of alkyl halides is 3. The molecule has 1 N–H and O–H groups in total. The predicted molar refractivity (Wildman–Crippen MR) is 70.4 cm³/mol. The van der Waals surface area contributed by atoms with Crippen molar-refractivity contribution >= 4 is 11.9 Å². The first-order valence-electron chi connectivity index (χ1n) is 5.68. The van der Waals surface area contributed by atoms with Crippen molar-refractivity contribution in [2.45, 2.75) is 45.2 Å². The topological polar surface area (TPSA) is 12.0 Å². The highest BCUT2D eigenvalue weighted by Gasteiger charge is 2.32. The Balaban J connectivity index is 2.79. The molecule has 1 aromatic rings. The number of hydrogen-bond donors (Lipinski definition) is 1. The summed E-state index contributed by atoms with van der Waals surface area (Å²) in [6.45, 7) is 8.08. The molecule has 0 fully saturated rings. The van der Waals surface area contributed by atoms with Crippen LogP contribution >= 0.6 is 11.9 Å². The Bertz CT molecular complexity index is 408. The highest BCUT2D eigenvalue weighted by Crippen LogP contribution is 2.33. The van der Waals surface area contributed by atoms with Crippen molar-refractivity contribution < 1.29 is 13.2 Å². The first-order chi connectivity index (χ1) is 8.11. The van der Waals surface area contributed by atoms with E-state index in [0.717, 1.165) is 6.07 Å². The van der Waals surface area contributed by atoms with Crippen LogP contribution in [0.25, 0.3) is 0 Å². The fourth-order valence-corrected chi connectivity index (χ4v) is 2.17. The van der Waals surface area contributed by atoms with E-state index in [2.05, 4.69) is 4.72 Å². The Morgan fingerprint density at radius 3 is 2.28 bits per heavy atom. The second kappa shape index (κ2) is 5.53. The number of hydrogen-bond acceptors (Lipinski definition) is 2. The minimum Gasteiger partial charge on any atom is -0.259 e. The Morgan fingerprint density at radius 1 is 1.17 bits per heavy atom. The Morgan fingerprint density at radius 2 is 1.78 bits per heavy atom. The summed E-state index contributed by atoms with van der Waals surface area (Å²) < 4.78 is 41.3. The third-order valence-electron chi connectivity index (χ3n) is 2.39. The molecule has 0 unspecified atom stereocenters. The summed E-state index contributed by atoms with van der Waals surface area (Å²) in [5.74, 6) is 0. The van der Waals surface area contributed by atoms with Gasteiger partial charge in [0.25, 0.3) is 0 Å². The Labute approximate surface area is 110 Å². The fraction of sp³-hybridized carbons (Fsp3) is 0.538. The molecule has 0 spiro atoms. The normalized spacial score (nSPS) is 12.8. The molecule has 0 aliphatic heterocycles. The van der Waals surface area contributed by atoms with E-state index >= 15 is 0 Å². The maximum atomic E-state index is 12.7. The van der Waals surface area contributed by atoms with Crippen LogP contribution in [-0.4, -0.2) is 4.75 Å². The average Bonchev–Trinajstić information content (AvgIpc) is 2.17. The molecule has 5 heteroatoms. The molecule has 102 valence electrons. The molecule has 0 bridgehead atoms. The molecule has 1 rings (SSSR count). The minimum absolute atomic E-state index is 0.0372. The van der Waals surface area contributed by atoms with Gasteiger partial charge in [0, 0.05) is 11.3 Å². The summed E-state index contributed by atoms with van der Waals surface area (Å²) in [5, 5.41) is 0. The van der Waals surface area contributed by atoms with Crippen LogP contribution in [0.5, 0.6) is 0 Å². The van der Waals surface area contributed by atoms with Crippen LogP contribution in [0.3, 0.4) is 0 Å². The van der Waals surface area contributed by atoms with Crippen LogP contribution in [0, 0.1) is 6.92 Å². The zero-order chi connectivity index (χ0) is 14.0. The first kappa shape index (κ1) is 15.4. The SMILES string of the molecule is Cc1c(CNSC(C)(C)C)cccc1C(F)(F)F. The van der Waals surface area contributed by atoms with Gasteiger partial charge in [-0.25, -0.2) is 0 Å². The highest BCUT2D eigenvalue weighted by molar-refractivity contribution is 7.98. The number of rotatable bonds is 3. The van der Waals surface area contributed by atoms with E-state index in [-0.39, 0.29) is 4.75 Å². The monoisotopic (exact) mass is 277 g/mol. The van der Waals surface area contributed by atoms with E-state index in [4.69, 9.17) is 0 Å². The maximum Gasteiger partial charge on any atom is 0.416 e. The smallest absolute Gasteiger partial charge is 0.259 e. The van der Waals surface area contributed by atoms with E-state index in [0.29, 0.717) is 17.7 Å². The third kappa shape index (κ3) is 4.53. The zero-order valence-corrected chi connectivity index (χ0v) is 11.8. The summed E-state index contributed by atoms with van der Waals surface area (Å²) >= 11 is 1.52. The van der Waals surface area contributed by atoms with Gasteiger partial charge >= 0.3 is 6.18 Å². The van der Waals surface area contributed by atoms with E-state index in [1.165, 1.54) is 24.9 Å².